The van der Waals surface area contributed by atoms with Gasteiger partial charge in [-0.1, -0.05) is 36.4 Å². The zero-order valence-electron chi connectivity index (χ0n) is 13.0. The molecule has 4 nitrogen and oxygen atoms in total. The van der Waals surface area contributed by atoms with Crippen LogP contribution in [-0.4, -0.2) is 32.3 Å². The second-order valence-corrected chi connectivity index (χ2v) is 5.74. The van der Waals surface area contributed by atoms with E-state index in [2.05, 4.69) is 24.8 Å². The Hall–Kier alpha value is -2.11. The van der Waals surface area contributed by atoms with E-state index in [1.54, 1.807) is 0 Å². The second kappa shape index (κ2) is 8.36. The molecule has 0 atom stereocenters. The Bertz CT molecular complexity index is 532. The first-order chi connectivity index (χ1) is 10.7. The highest BCUT2D eigenvalue weighted by Gasteiger charge is 2.10. The van der Waals surface area contributed by atoms with Gasteiger partial charge in [0, 0.05) is 0 Å². The normalized spacial score (nSPS) is 10.3. The first-order valence-corrected chi connectivity index (χ1v) is 7.81. The zero-order valence-corrected chi connectivity index (χ0v) is 13.9. The number of hydrogen-bond acceptors (Lipinski definition) is 2. The average molecular weight is 315 g/mol. The topological polar surface area (TPSA) is 31.7 Å². The van der Waals surface area contributed by atoms with Crippen molar-refractivity contribution < 1.29 is 4.90 Å². The van der Waals surface area contributed by atoms with Crippen molar-refractivity contribution in [3.05, 3.63) is 60.7 Å². The number of benzene rings is 2. The van der Waals surface area contributed by atoms with E-state index in [1.807, 2.05) is 65.7 Å². The molecule has 0 aromatic heterocycles. The number of hydrogen-bond donors (Lipinski definition) is 3. The molecule has 0 saturated carbocycles. The van der Waals surface area contributed by atoms with Crippen LogP contribution in [0.1, 0.15) is 0 Å². The predicted octanol–water partition coefficient (Wildman–Crippen LogP) is 1.35. The smallest absolute Gasteiger partial charge is 0.185 e. The molecule has 0 spiro atoms. The van der Waals surface area contributed by atoms with Gasteiger partial charge in [-0.05, 0) is 36.5 Å². The highest BCUT2D eigenvalue weighted by molar-refractivity contribution is 7.80. The highest BCUT2D eigenvalue weighted by atomic mass is 32.1. The van der Waals surface area contributed by atoms with Crippen molar-refractivity contribution >= 4 is 28.7 Å². The third-order valence-electron chi connectivity index (χ3n) is 3.15. The molecule has 5 heteroatoms. The molecule has 2 aromatic rings. The van der Waals surface area contributed by atoms with Gasteiger partial charge in [0.25, 0.3) is 0 Å². The summed E-state index contributed by atoms with van der Waals surface area (Å²) in [5, 5.41) is 5.85. The minimum atomic E-state index is 0.619. The fourth-order valence-corrected chi connectivity index (χ4v) is 2.19. The average Bonchev–Trinajstić information content (AvgIpc) is 2.54. The van der Waals surface area contributed by atoms with Crippen LogP contribution in [0.25, 0.3) is 0 Å². The number of anilines is 2. The molecule has 0 unspecified atom stereocenters. The predicted molar refractivity (Wildman–Crippen MR) is 96.4 cm³/mol. The summed E-state index contributed by atoms with van der Waals surface area (Å²) in [4.78, 5) is 1.39. The lowest BCUT2D eigenvalue weighted by molar-refractivity contribution is -0.856. The second-order valence-electron chi connectivity index (χ2n) is 5.33. The molecule has 0 aliphatic carbocycles. The number of likely N-dealkylation sites (N-methyl/N-ethyl adjacent to an activating group) is 1. The van der Waals surface area contributed by atoms with E-state index < -0.39 is 0 Å². The quantitative estimate of drug-likeness (QED) is 0.555. The summed E-state index contributed by atoms with van der Waals surface area (Å²) in [6.45, 7) is 1.85. The number of nitrogens with one attached hydrogen (secondary N) is 3. The number of quaternary nitrogens is 1. The summed E-state index contributed by atoms with van der Waals surface area (Å²) in [5.74, 6) is 0. The van der Waals surface area contributed by atoms with Crippen molar-refractivity contribution in [2.75, 3.05) is 32.2 Å². The molecule has 0 radical (unpaired) electrons. The van der Waals surface area contributed by atoms with Crippen LogP contribution in [0.4, 0.5) is 11.4 Å². The molecule has 3 N–H and O–H groups in total. The number of para-hydroxylation sites is 2. The summed E-state index contributed by atoms with van der Waals surface area (Å²) in [6.07, 6.45) is 0. The van der Waals surface area contributed by atoms with E-state index >= 15 is 0 Å². The summed E-state index contributed by atoms with van der Waals surface area (Å²) in [6, 6.07) is 20.2. The molecule has 22 heavy (non-hydrogen) atoms. The van der Waals surface area contributed by atoms with E-state index in [0.29, 0.717) is 5.11 Å². The first-order valence-electron chi connectivity index (χ1n) is 7.40. The number of nitrogens with zero attached hydrogens (tertiary/aromatic N) is 1. The van der Waals surface area contributed by atoms with Crippen molar-refractivity contribution in [3.8, 4) is 0 Å². The zero-order chi connectivity index (χ0) is 15.8. The Morgan fingerprint density at radius 2 is 1.45 bits per heavy atom. The third-order valence-corrected chi connectivity index (χ3v) is 3.39. The molecule has 0 saturated heterocycles. The SMILES string of the molecule is C[NH+](C)CCNC(=S)NN(c1ccccc1)c1ccccc1. The minimum absolute atomic E-state index is 0.619. The van der Waals surface area contributed by atoms with E-state index in [4.69, 9.17) is 12.2 Å². The molecule has 0 aliphatic heterocycles. The van der Waals surface area contributed by atoms with E-state index in [9.17, 15) is 0 Å². The van der Waals surface area contributed by atoms with Gasteiger partial charge in [-0.25, -0.2) is 0 Å². The molecule has 0 aliphatic rings. The fraction of sp³-hybridized carbons (Fsp3) is 0.235. The Balaban J connectivity index is 2.08. The van der Waals surface area contributed by atoms with Gasteiger partial charge in [-0.2, -0.15) is 0 Å². The Labute approximate surface area is 137 Å². The number of thiocarbonyl (C=S) groups is 1. The maximum Gasteiger partial charge on any atom is 0.185 e. The summed E-state index contributed by atoms with van der Waals surface area (Å²) in [7, 11) is 4.25. The lowest BCUT2D eigenvalue weighted by atomic mass is 10.2. The number of hydrazine groups is 1. The van der Waals surface area contributed by atoms with Crippen molar-refractivity contribution in [1.29, 1.82) is 0 Å². The van der Waals surface area contributed by atoms with Crippen LogP contribution in [0.2, 0.25) is 0 Å². The summed E-state index contributed by atoms with van der Waals surface area (Å²) < 4.78 is 0. The molecule has 2 rings (SSSR count). The van der Waals surface area contributed by atoms with Gasteiger partial charge in [0.05, 0.1) is 38.6 Å². The van der Waals surface area contributed by atoms with Gasteiger partial charge < -0.3 is 10.2 Å². The maximum atomic E-state index is 5.41. The Morgan fingerprint density at radius 3 is 1.91 bits per heavy atom. The van der Waals surface area contributed by atoms with Gasteiger partial charge in [0.2, 0.25) is 0 Å². The Morgan fingerprint density at radius 1 is 0.955 bits per heavy atom. The lowest BCUT2D eigenvalue weighted by Crippen LogP contribution is -3.06. The summed E-state index contributed by atoms with van der Waals surface area (Å²) in [5.41, 5.74) is 5.34. The third kappa shape index (κ3) is 5.02. The summed E-state index contributed by atoms with van der Waals surface area (Å²) >= 11 is 5.41. The first kappa shape index (κ1) is 16.3. The van der Waals surface area contributed by atoms with E-state index in [-0.39, 0.29) is 0 Å². The highest BCUT2D eigenvalue weighted by Crippen LogP contribution is 2.22. The van der Waals surface area contributed by atoms with Crippen molar-refractivity contribution in [3.63, 3.8) is 0 Å². The van der Waals surface area contributed by atoms with Crippen LogP contribution >= 0.6 is 12.2 Å². The lowest BCUT2D eigenvalue weighted by Gasteiger charge is -2.27. The number of rotatable bonds is 6. The standard InChI is InChI=1S/C17H22N4S/c1-20(2)14-13-18-17(22)19-21(15-9-5-3-6-10-15)16-11-7-4-8-12-16/h3-12H,13-14H2,1-2H3,(H2,18,19,22)/p+1. The van der Waals surface area contributed by atoms with Gasteiger partial charge in [0.1, 0.15) is 0 Å². The fourth-order valence-electron chi connectivity index (χ4n) is 2.00. The molecule has 116 valence electrons. The van der Waals surface area contributed by atoms with Gasteiger partial charge in [-0.15, -0.1) is 0 Å². The molecule has 0 fully saturated rings. The largest absolute Gasteiger partial charge is 0.356 e. The van der Waals surface area contributed by atoms with Crippen LogP contribution in [-0.2, 0) is 0 Å². The van der Waals surface area contributed by atoms with Gasteiger partial charge >= 0.3 is 0 Å². The molecule has 2 aromatic carbocycles. The van der Waals surface area contributed by atoms with Crippen molar-refractivity contribution in [2.24, 2.45) is 0 Å². The van der Waals surface area contributed by atoms with E-state index in [1.165, 1.54) is 4.90 Å². The molecule has 0 bridgehead atoms. The Kier molecular flexibility index (Phi) is 6.18. The van der Waals surface area contributed by atoms with Crippen LogP contribution in [0.5, 0.6) is 0 Å². The van der Waals surface area contributed by atoms with E-state index in [0.717, 1.165) is 24.5 Å². The maximum absolute atomic E-state index is 5.41. The minimum Gasteiger partial charge on any atom is -0.356 e. The molecular weight excluding hydrogens is 292 g/mol. The monoisotopic (exact) mass is 315 g/mol. The van der Waals surface area contributed by atoms with Crippen LogP contribution in [0, 0.1) is 0 Å². The molecular formula is C17H23N4S+. The molecule has 0 amide bonds. The van der Waals surface area contributed by atoms with Crippen LogP contribution in [0.15, 0.2) is 60.7 Å². The molecule has 0 heterocycles. The van der Waals surface area contributed by atoms with Gasteiger partial charge in [-0.3, -0.25) is 10.4 Å². The van der Waals surface area contributed by atoms with Crippen LogP contribution in [0.3, 0.4) is 0 Å². The van der Waals surface area contributed by atoms with Gasteiger partial charge in [0.15, 0.2) is 5.11 Å². The van der Waals surface area contributed by atoms with Crippen molar-refractivity contribution in [2.45, 2.75) is 0 Å². The van der Waals surface area contributed by atoms with Crippen LogP contribution < -0.4 is 20.7 Å². The van der Waals surface area contributed by atoms with Crippen molar-refractivity contribution in [1.82, 2.24) is 10.7 Å².